The van der Waals surface area contributed by atoms with Gasteiger partial charge in [-0.1, -0.05) is 29.5 Å². The van der Waals surface area contributed by atoms with E-state index < -0.39 is 11.9 Å². The van der Waals surface area contributed by atoms with Gasteiger partial charge in [-0.15, -0.1) is 5.10 Å². The zero-order valence-electron chi connectivity index (χ0n) is 16.1. The number of hydrogen-bond acceptors (Lipinski definition) is 5. The van der Waals surface area contributed by atoms with Crippen LogP contribution in [0.25, 0.3) is 5.69 Å². The minimum Gasteiger partial charge on any atom is -0.324 e. The van der Waals surface area contributed by atoms with E-state index in [9.17, 15) is 9.59 Å². The molecule has 1 unspecified atom stereocenters. The summed E-state index contributed by atoms with van der Waals surface area (Å²) in [6.07, 6.45) is 4.90. The van der Waals surface area contributed by atoms with Crippen LogP contribution in [0.5, 0.6) is 0 Å². The van der Waals surface area contributed by atoms with E-state index in [0.29, 0.717) is 11.4 Å². The van der Waals surface area contributed by atoms with Crippen molar-refractivity contribution in [3.63, 3.8) is 0 Å². The van der Waals surface area contributed by atoms with Crippen molar-refractivity contribution in [2.75, 3.05) is 10.6 Å². The van der Waals surface area contributed by atoms with Crippen LogP contribution in [-0.4, -0.2) is 36.6 Å². The topological polar surface area (TPSA) is 107 Å². The molecule has 9 nitrogen and oxygen atoms in total. The predicted molar refractivity (Wildman–Crippen MR) is 111 cm³/mol. The summed E-state index contributed by atoms with van der Waals surface area (Å²) in [7, 11) is 0. The lowest BCUT2D eigenvalue weighted by Gasteiger charge is -2.13. The van der Waals surface area contributed by atoms with Crippen molar-refractivity contribution in [2.24, 2.45) is 0 Å². The van der Waals surface area contributed by atoms with Crippen LogP contribution < -0.4 is 10.6 Å². The second kappa shape index (κ2) is 8.39. The van der Waals surface area contributed by atoms with Crippen LogP contribution in [0.1, 0.15) is 23.5 Å². The zero-order valence-corrected chi connectivity index (χ0v) is 16.1. The molecule has 0 fully saturated rings. The van der Waals surface area contributed by atoms with E-state index in [0.717, 1.165) is 5.69 Å². The third-order valence-corrected chi connectivity index (χ3v) is 4.44. The maximum atomic E-state index is 12.5. The van der Waals surface area contributed by atoms with E-state index in [2.05, 4.69) is 26.0 Å². The van der Waals surface area contributed by atoms with Crippen molar-refractivity contribution in [2.45, 2.75) is 13.0 Å². The van der Waals surface area contributed by atoms with Crippen molar-refractivity contribution >= 4 is 23.2 Å². The first-order valence-corrected chi connectivity index (χ1v) is 9.29. The van der Waals surface area contributed by atoms with Gasteiger partial charge in [-0.25, -0.2) is 4.68 Å². The molecule has 2 heterocycles. The Kier molecular flexibility index (Phi) is 5.33. The number of carbonyl (C=O) groups is 2. The monoisotopic (exact) mass is 401 g/mol. The zero-order chi connectivity index (χ0) is 20.9. The van der Waals surface area contributed by atoms with Crippen LogP contribution in [0, 0.1) is 0 Å². The molecule has 9 heteroatoms. The van der Waals surface area contributed by atoms with Gasteiger partial charge in [0.1, 0.15) is 6.04 Å². The second-order valence-corrected chi connectivity index (χ2v) is 6.57. The number of nitrogens with zero attached hydrogens (tertiary/aromatic N) is 5. The minimum absolute atomic E-state index is 0.181. The maximum Gasteiger partial charge on any atom is 0.277 e. The average Bonchev–Trinajstić information content (AvgIpc) is 3.46. The summed E-state index contributed by atoms with van der Waals surface area (Å²) in [5.41, 5.74) is 2.07. The molecular weight excluding hydrogens is 382 g/mol. The molecule has 1 atom stereocenters. The number of amides is 2. The summed E-state index contributed by atoms with van der Waals surface area (Å²) in [4.78, 5) is 25.0. The standard InChI is InChI=1S/C21H19N7O2/c1-15(27-12-6-11-22-27)20(29)23-16-7-5-8-17(13-16)24-21(30)19-14-28(26-25-19)18-9-3-2-4-10-18/h2-15H,1H3,(H,23,29)(H,24,30). The molecule has 0 saturated heterocycles. The van der Waals surface area contributed by atoms with Gasteiger partial charge in [0, 0.05) is 23.8 Å². The van der Waals surface area contributed by atoms with Crippen molar-refractivity contribution in [1.82, 2.24) is 24.8 Å². The number of carbonyl (C=O) groups excluding carboxylic acids is 2. The first-order chi connectivity index (χ1) is 14.6. The van der Waals surface area contributed by atoms with Gasteiger partial charge in [-0.05, 0) is 43.3 Å². The molecule has 2 N–H and O–H groups in total. The summed E-state index contributed by atoms with van der Waals surface area (Å²) in [6.45, 7) is 1.75. The Bertz CT molecular complexity index is 1150. The highest BCUT2D eigenvalue weighted by Gasteiger charge is 2.16. The summed E-state index contributed by atoms with van der Waals surface area (Å²) in [6, 6.07) is 17.6. The Labute approximate surface area is 172 Å². The number of aromatic nitrogens is 5. The summed E-state index contributed by atoms with van der Waals surface area (Å²) in [5.74, 6) is -0.612. The largest absolute Gasteiger partial charge is 0.324 e. The smallest absolute Gasteiger partial charge is 0.277 e. The minimum atomic E-state index is -0.466. The molecule has 0 radical (unpaired) electrons. The van der Waals surface area contributed by atoms with Gasteiger partial charge in [0.25, 0.3) is 5.91 Å². The van der Waals surface area contributed by atoms with Gasteiger partial charge >= 0.3 is 0 Å². The number of rotatable bonds is 6. The fourth-order valence-corrected chi connectivity index (χ4v) is 2.82. The van der Waals surface area contributed by atoms with Crippen molar-refractivity contribution < 1.29 is 9.59 Å². The lowest BCUT2D eigenvalue weighted by Crippen LogP contribution is -2.24. The van der Waals surface area contributed by atoms with E-state index >= 15 is 0 Å². The van der Waals surface area contributed by atoms with Gasteiger partial charge < -0.3 is 10.6 Å². The molecule has 30 heavy (non-hydrogen) atoms. The fraction of sp³-hybridized carbons (Fsp3) is 0.0952. The van der Waals surface area contributed by atoms with E-state index in [4.69, 9.17) is 0 Å². The van der Waals surface area contributed by atoms with E-state index in [1.165, 1.54) is 4.68 Å². The summed E-state index contributed by atoms with van der Waals surface area (Å²) >= 11 is 0. The lowest BCUT2D eigenvalue weighted by atomic mass is 10.2. The normalized spacial score (nSPS) is 11.6. The Balaban J connectivity index is 1.42. The Morgan fingerprint density at radius 2 is 1.73 bits per heavy atom. The maximum absolute atomic E-state index is 12.5. The molecule has 0 saturated carbocycles. The lowest BCUT2D eigenvalue weighted by molar-refractivity contribution is -0.119. The molecule has 0 bridgehead atoms. The highest BCUT2D eigenvalue weighted by atomic mass is 16.2. The van der Waals surface area contributed by atoms with Crippen LogP contribution in [-0.2, 0) is 4.79 Å². The molecular formula is C21H19N7O2. The second-order valence-electron chi connectivity index (χ2n) is 6.57. The van der Waals surface area contributed by atoms with Gasteiger partial charge in [-0.2, -0.15) is 5.10 Å². The molecule has 2 amide bonds. The number of anilines is 2. The third-order valence-electron chi connectivity index (χ3n) is 4.44. The summed E-state index contributed by atoms with van der Waals surface area (Å²) < 4.78 is 3.10. The van der Waals surface area contributed by atoms with Crippen molar-refractivity contribution in [3.8, 4) is 5.69 Å². The Hall–Kier alpha value is -4.27. The van der Waals surface area contributed by atoms with Crippen molar-refractivity contribution in [1.29, 1.82) is 0 Å². The fourth-order valence-electron chi connectivity index (χ4n) is 2.82. The number of benzene rings is 2. The first kappa shape index (κ1) is 19.1. The van der Waals surface area contributed by atoms with Crippen molar-refractivity contribution in [3.05, 3.63) is 84.9 Å². The van der Waals surface area contributed by atoms with Crippen LogP contribution in [0.2, 0.25) is 0 Å². The highest BCUT2D eigenvalue weighted by molar-refractivity contribution is 6.03. The SMILES string of the molecule is CC(C(=O)Nc1cccc(NC(=O)c2cn(-c3ccccc3)nn2)c1)n1cccn1. The molecule has 0 aliphatic carbocycles. The van der Waals surface area contributed by atoms with Gasteiger partial charge in [0.2, 0.25) is 5.91 Å². The predicted octanol–water partition coefficient (Wildman–Crippen LogP) is 2.92. The van der Waals surface area contributed by atoms with Gasteiger partial charge in [-0.3, -0.25) is 14.3 Å². The van der Waals surface area contributed by atoms with Crippen LogP contribution in [0.4, 0.5) is 11.4 Å². The van der Waals surface area contributed by atoms with Crippen LogP contribution >= 0.6 is 0 Å². The number of nitrogens with one attached hydrogen (secondary N) is 2. The first-order valence-electron chi connectivity index (χ1n) is 9.29. The number of para-hydroxylation sites is 1. The third kappa shape index (κ3) is 4.25. The van der Waals surface area contributed by atoms with E-state index in [1.807, 2.05) is 30.3 Å². The molecule has 2 aromatic heterocycles. The van der Waals surface area contributed by atoms with Gasteiger partial charge in [0.05, 0.1) is 11.9 Å². The quantitative estimate of drug-likeness (QED) is 0.517. The Morgan fingerprint density at radius 3 is 2.47 bits per heavy atom. The summed E-state index contributed by atoms with van der Waals surface area (Å²) in [5, 5.41) is 17.6. The number of hydrogen-bond donors (Lipinski definition) is 2. The molecule has 0 spiro atoms. The molecule has 2 aromatic carbocycles. The van der Waals surface area contributed by atoms with Crippen LogP contribution in [0.15, 0.2) is 79.3 Å². The Morgan fingerprint density at radius 1 is 0.967 bits per heavy atom. The molecule has 150 valence electrons. The highest BCUT2D eigenvalue weighted by Crippen LogP contribution is 2.18. The molecule has 0 aliphatic rings. The van der Waals surface area contributed by atoms with E-state index in [-0.39, 0.29) is 11.6 Å². The molecule has 4 rings (SSSR count). The van der Waals surface area contributed by atoms with Gasteiger partial charge in [0.15, 0.2) is 5.69 Å². The van der Waals surface area contributed by atoms with E-state index in [1.54, 1.807) is 60.5 Å². The molecule has 4 aromatic rings. The molecule has 0 aliphatic heterocycles. The van der Waals surface area contributed by atoms with Crippen LogP contribution in [0.3, 0.4) is 0 Å². The average molecular weight is 401 g/mol.